The fraction of sp³-hybridized carbons (Fsp3) is 0.263. The summed E-state index contributed by atoms with van der Waals surface area (Å²) in [4.78, 5) is 4.82. The number of hydrogen-bond donors (Lipinski definition) is 1. The van der Waals surface area contributed by atoms with Crippen LogP contribution in [0.4, 0.5) is 0 Å². The lowest BCUT2D eigenvalue weighted by molar-refractivity contribution is 0.324. The number of nitrogens with zero attached hydrogens (tertiary/aromatic N) is 2. The van der Waals surface area contributed by atoms with E-state index in [1.807, 2.05) is 42.5 Å². The van der Waals surface area contributed by atoms with E-state index in [9.17, 15) is 0 Å². The molecule has 1 aliphatic heterocycles. The molecule has 0 saturated heterocycles. The second-order valence-electron chi connectivity index (χ2n) is 5.56. The summed E-state index contributed by atoms with van der Waals surface area (Å²) in [5.41, 5.74) is 2.58. The van der Waals surface area contributed by atoms with Crippen LogP contribution in [0.5, 0.6) is 17.2 Å². The maximum absolute atomic E-state index is 5.72. The highest BCUT2D eigenvalue weighted by Gasteiger charge is 2.27. The van der Waals surface area contributed by atoms with Gasteiger partial charge >= 0.3 is 0 Å². The van der Waals surface area contributed by atoms with Crippen molar-refractivity contribution in [1.29, 1.82) is 0 Å². The van der Waals surface area contributed by atoms with Gasteiger partial charge in [0, 0.05) is 16.9 Å². The van der Waals surface area contributed by atoms with Gasteiger partial charge in [-0.1, -0.05) is 30.3 Å². The topological polar surface area (TPSA) is 78.4 Å². The summed E-state index contributed by atoms with van der Waals surface area (Å²) in [6, 6.07) is 13.6. The Balaban J connectivity index is 1.96. The number of hydrogen-bond acceptors (Lipinski definition) is 7. The SMILES string of the molecule is COc1cc(/C(=N\N)C2CSC(c3ccccc3)=N2)cc(OC)c1OC. The van der Waals surface area contributed by atoms with Crippen LogP contribution in [0, 0.1) is 0 Å². The van der Waals surface area contributed by atoms with Gasteiger partial charge in [0.25, 0.3) is 0 Å². The van der Waals surface area contributed by atoms with Crippen molar-refractivity contribution in [3.63, 3.8) is 0 Å². The molecular weight excluding hydrogens is 350 g/mol. The van der Waals surface area contributed by atoms with Crippen molar-refractivity contribution in [1.82, 2.24) is 0 Å². The first-order valence-corrected chi connectivity index (χ1v) is 9.04. The lowest BCUT2D eigenvalue weighted by atomic mass is 10.0. The first kappa shape index (κ1) is 18.1. The Hall–Kier alpha value is -2.67. The van der Waals surface area contributed by atoms with Crippen LogP contribution >= 0.6 is 11.8 Å². The zero-order chi connectivity index (χ0) is 18.5. The summed E-state index contributed by atoms with van der Waals surface area (Å²) in [6.45, 7) is 0. The number of nitrogens with two attached hydrogens (primary N) is 1. The second-order valence-corrected chi connectivity index (χ2v) is 6.56. The Kier molecular flexibility index (Phi) is 5.68. The molecule has 136 valence electrons. The molecule has 7 heteroatoms. The minimum Gasteiger partial charge on any atom is -0.493 e. The molecule has 2 aromatic carbocycles. The molecular formula is C19H21N3O3S. The molecule has 0 amide bonds. The van der Waals surface area contributed by atoms with Crippen LogP contribution in [-0.2, 0) is 0 Å². The van der Waals surface area contributed by atoms with Gasteiger partial charge < -0.3 is 20.1 Å². The van der Waals surface area contributed by atoms with Crippen LogP contribution in [0.25, 0.3) is 0 Å². The summed E-state index contributed by atoms with van der Waals surface area (Å²) < 4.78 is 16.2. The second kappa shape index (κ2) is 8.14. The molecule has 1 heterocycles. The zero-order valence-corrected chi connectivity index (χ0v) is 15.7. The molecule has 1 aliphatic rings. The van der Waals surface area contributed by atoms with Crippen LogP contribution in [0.15, 0.2) is 52.6 Å². The Morgan fingerprint density at radius 2 is 1.73 bits per heavy atom. The quantitative estimate of drug-likeness (QED) is 0.480. The normalized spacial score (nSPS) is 17.0. The van der Waals surface area contributed by atoms with Crippen LogP contribution < -0.4 is 20.1 Å². The maximum Gasteiger partial charge on any atom is 0.203 e. The highest BCUT2D eigenvalue weighted by atomic mass is 32.2. The summed E-state index contributed by atoms with van der Waals surface area (Å²) in [6.07, 6.45) is 0. The van der Waals surface area contributed by atoms with Gasteiger partial charge in [-0.05, 0) is 12.1 Å². The number of hydrazone groups is 1. The van der Waals surface area contributed by atoms with Crippen molar-refractivity contribution in [2.75, 3.05) is 27.1 Å². The molecule has 0 aliphatic carbocycles. The minimum absolute atomic E-state index is 0.136. The van der Waals surface area contributed by atoms with E-state index < -0.39 is 0 Å². The van der Waals surface area contributed by atoms with E-state index in [0.29, 0.717) is 23.0 Å². The van der Waals surface area contributed by atoms with Gasteiger partial charge in [0.15, 0.2) is 11.5 Å². The highest BCUT2D eigenvalue weighted by molar-refractivity contribution is 8.14. The number of benzene rings is 2. The van der Waals surface area contributed by atoms with Gasteiger partial charge in [-0.25, -0.2) is 0 Å². The molecule has 0 fully saturated rings. The number of aliphatic imine (C=N–C) groups is 1. The minimum atomic E-state index is -0.136. The largest absolute Gasteiger partial charge is 0.493 e. The van der Waals surface area contributed by atoms with Crippen molar-refractivity contribution in [2.45, 2.75) is 6.04 Å². The van der Waals surface area contributed by atoms with E-state index in [1.54, 1.807) is 33.1 Å². The predicted octanol–water partition coefficient (Wildman–Crippen LogP) is 2.94. The molecule has 1 atom stereocenters. The van der Waals surface area contributed by atoms with E-state index in [4.69, 9.17) is 25.0 Å². The van der Waals surface area contributed by atoms with Crippen LogP contribution in [0.1, 0.15) is 11.1 Å². The molecule has 26 heavy (non-hydrogen) atoms. The van der Waals surface area contributed by atoms with Gasteiger partial charge in [-0.2, -0.15) is 5.10 Å². The van der Waals surface area contributed by atoms with E-state index in [0.717, 1.165) is 21.9 Å². The molecule has 0 saturated carbocycles. The van der Waals surface area contributed by atoms with Crippen molar-refractivity contribution >= 4 is 22.5 Å². The van der Waals surface area contributed by atoms with E-state index in [1.165, 1.54) is 0 Å². The monoisotopic (exact) mass is 371 g/mol. The highest BCUT2D eigenvalue weighted by Crippen LogP contribution is 2.39. The zero-order valence-electron chi connectivity index (χ0n) is 14.9. The Morgan fingerprint density at radius 3 is 2.27 bits per heavy atom. The number of thioether (sulfide) groups is 1. The van der Waals surface area contributed by atoms with Crippen molar-refractivity contribution in [2.24, 2.45) is 15.9 Å². The molecule has 2 aromatic rings. The molecule has 2 N–H and O–H groups in total. The molecule has 6 nitrogen and oxygen atoms in total. The Bertz CT molecular complexity index is 812. The third-order valence-corrected chi connectivity index (χ3v) is 5.18. The lowest BCUT2D eigenvalue weighted by Gasteiger charge is -2.16. The summed E-state index contributed by atoms with van der Waals surface area (Å²) in [5, 5.41) is 5.01. The smallest absolute Gasteiger partial charge is 0.203 e. The summed E-state index contributed by atoms with van der Waals surface area (Å²) in [5.74, 6) is 8.14. The lowest BCUT2D eigenvalue weighted by Crippen LogP contribution is -2.22. The summed E-state index contributed by atoms with van der Waals surface area (Å²) >= 11 is 1.70. The van der Waals surface area contributed by atoms with E-state index in [-0.39, 0.29) is 6.04 Å². The Labute approximate surface area is 157 Å². The van der Waals surface area contributed by atoms with E-state index in [2.05, 4.69) is 5.10 Å². The van der Waals surface area contributed by atoms with Crippen molar-refractivity contribution in [3.05, 3.63) is 53.6 Å². The fourth-order valence-corrected chi connectivity index (χ4v) is 3.89. The molecule has 0 aromatic heterocycles. The first-order valence-electron chi connectivity index (χ1n) is 8.06. The van der Waals surface area contributed by atoms with Gasteiger partial charge in [0.2, 0.25) is 5.75 Å². The van der Waals surface area contributed by atoms with Gasteiger partial charge in [-0.15, -0.1) is 11.8 Å². The third-order valence-electron chi connectivity index (χ3n) is 4.09. The third kappa shape index (κ3) is 3.48. The fourth-order valence-electron chi connectivity index (χ4n) is 2.83. The molecule has 1 unspecified atom stereocenters. The van der Waals surface area contributed by atoms with Crippen LogP contribution in [0.2, 0.25) is 0 Å². The molecule has 0 spiro atoms. The van der Waals surface area contributed by atoms with Gasteiger partial charge in [-0.3, -0.25) is 4.99 Å². The van der Waals surface area contributed by atoms with Crippen LogP contribution in [0.3, 0.4) is 0 Å². The predicted molar refractivity (Wildman–Crippen MR) is 106 cm³/mol. The average molecular weight is 371 g/mol. The standard InChI is InChI=1S/C19H21N3O3S/c1-23-15-9-13(10-16(24-2)18(15)25-3)17(22-20)14-11-26-19(21-14)12-7-5-4-6-8-12/h4-10,14H,11,20H2,1-3H3/b22-17+. The molecule has 0 bridgehead atoms. The van der Waals surface area contributed by atoms with Gasteiger partial charge in [0.05, 0.1) is 32.1 Å². The van der Waals surface area contributed by atoms with Crippen molar-refractivity contribution in [3.8, 4) is 17.2 Å². The molecule has 0 radical (unpaired) electrons. The average Bonchev–Trinajstić information content (AvgIpc) is 3.18. The van der Waals surface area contributed by atoms with Crippen molar-refractivity contribution < 1.29 is 14.2 Å². The number of rotatable bonds is 6. The van der Waals surface area contributed by atoms with Crippen LogP contribution in [-0.4, -0.2) is 43.9 Å². The first-order chi connectivity index (χ1) is 12.7. The Morgan fingerprint density at radius 1 is 1.08 bits per heavy atom. The molecule has 3 rings (SSSR count). The van der Waals surface area contributed by atoms with E-state index >= 15 is 0 Å². The maximum atomic E-state index is 5.72. The number of ether oxygens (including phenoxy) is 3. The summed E-state index contributed by atoms with van der Waals surface area (Å²) in [7, 11) is 4.73. The van der Waals surface area contributed by atoms with Gasteiger partial charge in [0.1, 0.15) is 6.04 Å². The number of methoxy groups -OCH3 is 3.